The summed E-state index contributed by atoms with van der Waals surface area (Å²) < 4.78 is 43.2. The minimum absolute atomic E-state index is 0.0371. The topological polar surface area (TPSA) is 114 Å². The molecule has 0 unspecified atom stereocenters. The zero-order chi connectivity index (χ0) is 27.2. The van der Waals surface area contributed by atoms with Crippen molar-refractivity contribution in [2.24, 2.45) is 0 Å². The smallest absolute Gasteiger partial charge is 0.244 e. The normalized spacial score (nSPS) is 14.0. The number of sulfonamides is 1. The highest BCUT2D eigenvalue weighted by Crippen LogP contribution is 2.36. The number of hydrogen-bond acceptors (Lipinski definition) is 7. The molecule has 3 rings (SSSR count). The first-order chi connectivity index (χ1) is 17.6. The molecule has 37 heavy (non-hydrogen) atoms. The van der Waals surface area contributed by atoms with Crippen LogP contribution >= 0.6 is 0 Å². The zero-order valence-corrected chi connectivity index (χ0v) is 22.7. The highest BCUT2D eigenvalue weighted by molar-refractivity contribution is 7.92. The Morgan fingerprint density at radius 3 is 2.49 bits per heavy atom. The summed E-state index contributed by atoms with van der Waals surface area (Å²) in [5, 5.41) is 2.91. The van der Waals surface area contributed by atoms with Crippen LogP contribution in [0.5, 0.6) is 17.2 Å². The van der Waals surface area contributed by atoms with Crippen LogP contribution < -0.4 is 23.8 Å². The van der Waals surface area contributed by atoms with Crippen LogP contribution in [0.2, 0.25) is 0 Å². The highest BCUT2D eigenvalue weighted by Gasteiger charge is 2.32. The number of benzene rings is 2. The molecule has 1 aliphatic heterocycles. The molecule has 2 atom stereocenters. The van der Waals surface area contributed by atoms with Gasteiger partial charge < -0.3 is 24.4 Å². The summed E-state index contributed by atoms with van der Waals surface area (Å²) in [4.78, 5) is 28.1. The van der Waals surface area contributed by atoms with Gasteiger partial charge in [0.1, 0.15) is 18.3 Å². The molecular formula is C26H35N3O7S. The lowest BCUT2D eigenvalue weighted by atomic mass is 10.1. The first kappa shape index (κ1) is 28.1. The maximum Gasteiger partial charge on any atom is 0.244 e. The fourth-order valence-corrected chi connectivity index (χ4v) is 4.83. The molecular weight excluding hydrogens is 498 g/mol. The Morgan fingerprint density at radius 2 is 1.81 bits per heavy atom. The number of nitrogens with one attached hydrogen (secondary N) is 1. The van der Waals surface area contributed by atoms with Crippen molar-refractivity contribution in [1.82, 2.24) is 10.2 Å². The largest absolute Gasteiger partial charge is 0.497 e. The Hall–Kier alpha value is -3.47. The van der Waals surface area contributed by atoms with Crippen molar-refractivity contribution in [2.75, 3.05) is 30.5 Å². The molecule has 0 bridgehead atoms. The number of rotatable bonds is 12. The molecule has 1 N–H and O–H groups in total. The summed E-state index contributed by atoms with van der Waals surface area (Å²) in [6.07, 6.45) is 0.731. The molecule has 0 spiro atoms. The summed E-state index contributed by atoms with van der Waals surface area (Å²) in [6, 6.07) is 11.0. The van der Waals surface area contributed by atoms with Crippen LogP contribution in [0.1, 0.15) is 39.7 Å². The molecule has 10 nitrogen and oxygen atoms in total. The molecule has 1 heterocycles. The molecule has 2 aromatic carbocycles. The van der Waals surface area contributed by atoms with Crippen LogP contribution in [0.25, 0.3) is 0 Å². The minimum Gasteiger partial charge on any atom is -0.497 e. The number of ether oxygens (including phenoxy) is 3. The third-order valence-electron chi connectivity index (χ3n) is 6.28. The lowest BCUT2D eigenvalue weighted by molar-refractivity contribution is -0.139. The van der Waals surface area contributed by atoms with Crippen LogP contribution in [0.15, 0.2) is 42.5 Å². The van der Waals surface area contributed by atoms with Crippen LogP contribution in [0, 0.1) is 0 Å². The Kier molecular flexibility index (Phi) is 9.25. The van der Waals surface area contributed by atoms with Crippen LogP contribution in [0.4, 0.5) is 5.69 Å². The van der Waals surface area contributed by atoms with E-state index in [9.17, 15) is 18.0 Å². The summed E-state index contributed by atoms with van der Waals surface area (Å²) in [6.45, 7) is 6.62. The van der Waals surface area contributed by atoms with Crippen molar-refractivity contribution < 1.29 is 32.2 Å². The first-order valence-electron chi connectivity index (χ1n) is 12.2. The number of fused-ring (bicyclic) bond motifs is 1. The van der Waals surface area contributed by atoms with E-state index in [1.54, 1.807) is 44.4 Å². The number of anilines is 1. The van der Waals surface area contributed by atoms with Gasteiger partial charge in [-0.1, -0.05) is 19.1 Å². The van der Waals surface area contributed by atoms with E-state index >= 15 is 0 Å². The second kappa shape index (κ2) is 12.2. The summed E-state index contributed by atoms with van der Waals surface area (Å²) in [5.74, 6) is 0.448. The van der Waals surface area contributed by atoms with Crippen molar-refractivity contribution in [3.05, 3.63) is 48.0 Å². The molecule has 2 aromatic rings. The third kappa shape index (κ3) is 6.85. The quantitative estimate of drug-likeness (QED) is 0.446. The van der Waals surface area contributed by atoms with E-state index in [-0.39, 0.29) is 36.7 Å². The van der Waals surface area contributed by atoms with Crippen molar-refractivity contribution in [1.29, 1.82) is 0 Å². The number of carbonyl (C=O) groups excluding carboxylic acids is 2. The van der Waals surface area contributed by atoms with Crippen LogP contribution in [0.3, 0.4) is 0 Å². The molecule has 0 radical (unpaired) electrons. The van der Waals surface area contributed by atoms with Gasteiger partial charge in [0.25, 0.3) is 0 Å². The van der Waals surface area contributed by atoms with Crippen molar-refractivity contribution in [2.45, 2.75) is 52.7 Å². The molecule has 0 saturated carbocycles. The SMILES string of the molecule is CC[C@H](C)NC(=O)[C@@H](C)N(Cc1cccc(OC)c1)C(=O)CN(c1ccc2c(c1)OCO2)S(=O)(=O)CC. The summed E-state index contributed by atoms with van der Waals surface area (Å²) in [7, 11) is -2.30. The van der Waals surface area contributed by atoms with E-state index < -0.39 is 28.5 Å². The first-order valence-corrected chi connectivity index (χ1v) is 13.8. The molecule has 0 aliphatic carbocycles. The van der Waals surface area contributed by atoms with Crippen molar-refractivity contribution in [3.63, 3.8) is 0 Å². The average Bonchev–Trinajstić information content (AvgIpc) is 3.37. The lowest BCUT2D eigenvalue weighted by Crippen LogP contribution is -2.52. The molecule has 0 aromatic heterocycles. The summed E-state index contributed by atoms with van der Waals surface area (Å²) in [5.41, 5.74) is 1.02. The van der Waals surface area contributed by atoms with E-state index in [1.165, 1.54) is 17.9 Å². The Bertz CT molecular complexity index is 1220. The second-order valence-corrected chi connectivity index (χ2v) is 11.0. The number of nitrogens with zero attached hydrogens (tertiary/aromatic N) is 2. The Labute approximate surface area is 218 Å². The van der Waals surface area contributed by atoms with Crippen LogP contribution in [-0.4, -0.2) is 63.4 Å². The predicted molar refractivity (Wildman–Crippen MR) is 140 cm³/mol. The van der Waals surface area contributed by atoms with E-state index in [0.717, 1.165) is 16.3 Å². The van der Waals surface area contributed by atoms with Gasteiger partial charge in [-0.25, -0.2) is 8.42 Å². The lowest BCUT2D eigenvalue weighted by Gasteiger charge is -2.32. The Balaban J connectivity index is 1.94. The predicted octanol–water partition coefficient (Wildman–Crippen LogP) is 2.91. The third-order valence-corrected chi connectivity index (χ3v) is 8.02. The molecule has 2 amide bonds. The van der Waals surface area contributed by atoms with Gasteiger partial charge in [0.15, 0.2) is 11.5 Å². The van der Waals surface area contributed by atoms with Gasteiger partial charge in [-0.15, -0.1) is 0 Å². The maximum atomic E-state index is 13.7. The van der Waals surface area contributed by atoms with Gasteiger partial charge in [0.2, 0.25) is 28.6 Å². The molecule has 0 saturated heterocycles. The zero-order valence-electron chi connectivity index (χ0n) is 21.9. The van der Waals surface area contributed by atoms with E-state index in [0.29, 0.717) is 17.2 Å². The van der Waals surface area contributed by atoms with Crippen LogP contribution in [-0.2, 0) is 26.2 Å². The molecule has 0 fully saturated rings. The van der Waals surface area contributed by atoms with Gasteiger partial charge in [-0.2, -0.15) is 0 Å². The molecule has 1 aliphatic rings. The van der Waals surface area contributed by atoms with E-state index in [2.05, 4.69) is 5.32 Å². The van der Waals surface area contributed by atoms with Gasteiger partial charge in [0, 0.05) is 18.7 Å². The average molecular weight is 534 g/mol. The maximum absolute atomic E-state index is 13.7. The number of carbonyl (C=O) groups is 2. The highest BCUT2D eigenvalue weighted by atomic mass is 32.2. The Morgan fingerprint density at radius 1 is 1.08 bits per heavy atom. The summed E-state index contributed by atoms with van der Waals surface area (Å²) >= 11 is 0. The number of methoxy groups -OCH3 is 1. The number of amides is 2. The van der Waals surface area contributed by atoms with E-state index in [4.69, 9.17) is 14.2 Å². The van der Waals surface area contributed by atoms with Gasteiger partial charge in [0.05, 0.1) is 18.6 Å². The van der Waals surface area contributed by atoms with Crippen molar-refractivity contribution in [3.8, 4) is 17.2 Å². The van der Waals surface area contributed by atoms with Gasteiger partial charge >= 0.3 is 0 Å². The van der Waals surface area contributed by atoms with E-state index in [1.807, 2.05) is 19.9 Å². The van der Waals surface area contributed by atoms with Crippen molar-refractivity contribution >= 4 is 27.5 Å². The number of hydrogen-bond donors (Lipinski definition) is 1. The fraction of sp³-hybridized carbons (Fsp3) is 0.462. The second-order valence-electron chi connectivity index (χ2n) is 8.81. The fourth-order valence-electron chi connectivity index (χ4n) is 3.78. The molecule has 11 heteroatoms. The molecule has 202 valence electrons. The standard InChI is InChI=1S/C26H35N3O7S/c1-6-18(3)27-26(31)19(4)28(15-20-9-8-10-22(13-20)34-5)25(30)16-29(37(32,33)7-2)21-11-12-23-24(14-21)36-17-35-23/h8-14,18-19H,6-7,15-17H2,1-5H3,(H,27,31)/t18-,19+/m0/s1. The van der Waals surface area contributed by atoms with Gasteiger partial charge in [-0.3, -0.25) is 13.9 Å². The monoisotopic (exact) mass is 533 g/mol. The minimum atomic E-state index is -3.84. The van der Waals surface area contributed by atoms with Gasteiger partial charge in [-0.05, 0) is 57.0 Å².